The highest BCUT2D eigenvalue weighted by Crippen LogP contribution is 2.38. The Labute approximate surface area is 85.1 Å². The van der Waals surface area contributed by atoms with Gasteiger partial charge in [-0.2, -0.15) is 0 Å². The van der Waals surface area contributed by atoms with Gasteiger partial charge in [-0.3, -0.25) is 9.00 Å². The van der Waals surface area contributed by atoms with Crippen molar-refractivity contribution in [2.24, 2.45) is 0 Å². The molecule has 0 aromatic rings. The van der Waals surface area contributed by atoms with Crippen LogP contribution in [0.25, 0.3) is 0 Å². The van der Waals surface area contributed by atoms with E-state index in [2.05, 4.69) is 0 Å². The minimum absolute atomic E-state index is 0.243. The molecule has 0 spiro atoms. The molecular formula is C8H14O3S2. The summed E-state index contributed by atoms with van der Waals surface area (Å²) in [7, 11) is -0.888. The molecule has 0 bridgehead atoms. The van der Waals surface area contributed by atoms with Crippen molar-refractivity contribution in [3.8, 4) is 0 Å². The monoisotopic (exact) mass is 222 g/mol. The maximum atomic E-state index is 11.5. The van der Waals surface area contributed by atoms with Gasteiger partial charge in [-0.15, -0.1) is 11.8 Å². The van der Waals surface area contributed by atoms with Gasteiger partial charge < -0.3 is 4.74 Å². The van der Waals surface area contributed by atoms with Crippen molar-refractivity contribution in [3.63, 3.8) is 0 Å². The highest BCUT2D eigenvalue weighted by atomic mass is 32.2. The van der Waals surface area contributed by atoms with E-state index in [0.29, 0.717) is 12.4 Å². The zero-order chi connectivity index (χ0) is 9.90. The van der Waals surface area contributed by atoms with Crippen LogP contribution in [-0.2, 0) is 20.3 Å². The zero-order valence-corrected chi connectivity index (χ0v) is 9.50. The van der Waals surface area contributed by atoms with Gasteiger partial charge >= 0.3 is 5.97 Å². The van der Waals surface area contributed by atoms with Crippen LogP contribution in [0.3, 0.4) is 0 Å². The SMILES string of the molecule is CCOC(=O)C[C@]1(C)SCC[S@]1=O. The molecule has 0 unspecified atom stereocenters. The molecule has 3 nitrogen and oxygen atoms in total. The summed E-state index contributed by atoms with van der Waals surface area (Å²) < 4.78 is 15.9. The van der Waals surface area contributed by atoms with Crippen molar-refractivity contribution >= 4 is 28.5 Å². The van der Waals surface area contributed by atoms with Crippen molar-refractivity contribution in [1.82, 2.24) is 0 Å². The van der Waals surface area contributed by atoms with E-state index in [1.807, 2.05) is 6.92 Å². The van der Waals surface area contributed by atoms with Gasteiger partial charge in [-0.1, -0.05) is 0 Å². The van der Waals surface area contributed by atoms with Gasteiger partial charge in [0.2, 0.25) is 0 Å². The molecule has 0 aromatic heterocycles. The van der Waals surface area contributed by atoms with Gasteiger partial charge in [-0.25, -0.2) is 0 Å². The Morgan fingerprint density at radius 1 is 1.69 bits per heavy atom. The fourth-order valence-corrected chi connectivity index (χ4v) is 4.55. The molecule has 0 saturated carbocycles. The van der Waals surface area contributed by atoms with Gasteiger partial charge in [0.05, 0.1) is 17.1 Å². The molecule has 2 atom stereocenters. The van der Waals surface area contributed by atoms with E-state index in [9.17, 15) is 9.00 Å². The molecule has 13 heavy (non-hydrogen) atoms. The van der Waals surface area contributed by atoms with Crippen molar-refractivity contribution in [2.45, 2.75) is 24.3 Å². The first-order valence-corrected chi connectivity index (χ1v) is 6.57. The smallest absolute Gasteiger partial charge is 0.308 e. The molecular weight excluding hydrogens is 208 g/mol. The second-order valence-corrected chi connectivity index (χ2v) is 6.87. The number of esters is 1. The molecule has 1 saturated heterocycles. The highest BCUT2D eigenvalue weighted by molar-refractivity contribution is 8.15. The van der Waals surface area contributed by atoms with Crippen molar-refractivity contribution in [1.29, 1.82) is 0 Å². The third-order valence-electron chi connectivity index (χ3n) is 1.93. The van der Waals surface area contributed by atoms with Crippen LogP contribution in [0.1, 0.15) is 20.3 Å². The summed E-state index contributed by atoms with van der Waals surface area (Å²) in [5, 5.41) is 0. The Balaban J connectivity index is 2.51. The summed E-state index contributed by atoms with van der Waals surface area (Å²) in [5.41, 5.74) is 0. The van der Waals surface area contributed by atoms with Crippen LogP contribution in [0.5, 0.6) is 0 Å². The quantitative estimate of drug-likeness (QED) is 0.672. The van der Waals surface area contributed by atoms with Crippen molar-refractivity contribution in [2.75, 3.05) is 18.1 Å². The van der Waals surface area contributed by atoms with Gasteiger partial charge in [0, 0.05) is 22.3 Å². The van der Waals surface area contributed by atoms with Crippen LogP contribution < -0.4 is 0 Å². The third kappa shape index (κ3) is 2.71. The molecule has 76 valence electrons. The lowest BCUT2D eigenvalue weighted by molar-refractivity contribution is -0.143. The van der Waals surface area contributed by atoms with Crippen LogP contribution in [0.15, 0.2) is 0 Å². The second-order valence-electron chi connectivity index (χ2n) is 3.01. The molecule has 0 N–H and O–H groups in total. The predicted octanol–water partition coefficient (Wildman–Crippen LogP) is 1.15. The zero-order valence-electron chi connectivity index (χ0n) is 7.87. The molecule has 1 aliphatic rings. The standard InChI is InChI=1S/C8H14O3S2/c1-3-11-7(9)6-8(2)12-4-5-13(8)10/h3-6H2,1-2H3/t8-,13-/m1/s1. The average molecular weight is 222 g/mol. The molecule has 0 aromatic carbocycles. The van der Waals surface area contributed by atoms with E-state index in [4.69, 9.17) is 4.74 Å². The second kappa shape index (κ2) is 4.46. The number of rotatable bonds is 3. The lowest BCUT2D eigenvalue weighted by atomic mass is 10.3. The number of ether oxygens (including phenoxy) is 1. The summed E-state index contributed by atoms with van der Waals surface area (Å²) in [4.78, 5) is 11.2. The Hall–Kier alpha value is -0.0300. The Kier molecular flexibility index (Phi) is 3.79. The largest absolute Gasteiger partial charge is 0.466 e. The van der Waals surface area contributed by atoms with E-state index in [0.717, 1.165) is 5.75 Å². The molecule has 1 aliphatic heterocycles. The average Bonchev–Trinajstić information content (AvgIpc) is 2.32. The van der Waals surface area contributed by atoms with Crippen LogP contribution >= 0.6 is 11.8 Å². The number of carbonyl (C=O) groups is 1. The normalized spacial score (nSPS) is 33.2. The molecule has 0 amide bonds. The molecule has 5 heteroatoms. The lowest BCUT2D eigenvalue weighted by Gasteiger charge is -2.19. The first kappa shape index (κ1) is 11.0. The van der Waals surface area contributed by atoms with Crippen LogP contribution in [0, 0.1) is 0 Å². The third-order valence-corrected chi connectivity index (χ3v) is 5.94. The van der Waals surface area contributed by atoms with Crippen LogP contribution in [-0.4, -0.2) is 32.4 Å². The lowest BCUT2D eigenvalue weighted by Crippen LogP contribution is -2.27. The van der Waals surface area contributed by atoms with Crippen LogP contribution in [0.4, 0.5) is 0 Å². The van der Waals surface area contributed by atoms with Gasteiger partial charge in [-0.05, 0) is 13.8 Å². The van der Waals surface area contributed by atoms with Gasteiger partial charge in [0.25, 0.3) is 0 Å². The first-order chi connectivity index (χ1) is 6.08. The molecule has 0 radical (unpaired) electrons. The number of carbonyl (C=O) groups excluding carboxylic acids is 1. The number of thioether (sulfide) groups is 1. The van der Waals surface area contributed by atoms with Crippen LogP contribution in [0.2, 0.25) is 0 Å². The maximum absolute atomic E-state index is 11.5. The molecule has 1 rings (SSSR count). The van der Waals surface area contributed by atoms with E-state index < -0.39 is 14.9 Å². The maximum Gasteiger partial charge on any atom is 0.308 e. The number of hydrogen-bond acceptors (Lipinski definition) is 4. The molecule has 0 aliphatic carbocycles. The molecule has 1 fully saturated rings. The Morgan fingerprint density at radius 3 is 2.85 bits per heavy atom. The Bertz CT molecular complexity index is 229. The highest BCUT2D eigenvalue weighted by Gasteiger charge is 2.39. The van der Waals surface area contributed by atoms with Gasteiger partial charge in [0.1, 0.15) is 0 Å². The van der Waals surface area contributed by atoms with E-state index in [1.165, 1.54) is 0 Å². The summed E-state index contributed by atoms with van der Waals surface area (Å²) in [6.45, 7) is 4.04. The van der Waals surface area contributed by atoms with Crippen molar-refractivity contribution < 1.29 is 13.7 Å². The van der Waals surface area contributed by atoms with E-state index in [-0.39, 0.29) is 12.4 Å². The first-order valence-electron chi connectivity index (χ1n) is 4.26. The minimum Gasteiger partial charge on any atom is -0.466 e. The van der Waals surface area contributed by atoms with Crippen molar-refractivity contribution in [3.05, 3.63) is 0 Å². The Morgan fingerprint density at radius 2 is 2.38 bits per heavy atom. The van der Waals surface area contributed by atoms with E-state index in [1.54, 1.807) is 18.7 Å². The predicted molar refractivity (Wildman–Crippen MR) is 55.1 cm³/mol. The molecule has 1 heterocycles. The summed E-state index contributed by atoms with van der Waals surface area (Å²) in [6, 6.07) is 0. The fraction of sp³-hybridized carbons (Fsp3) is 0.875. The minimum atomic E-state index is -0.888. The fourth-order valence-electron chi connectivity index (χ4n) is 1.22. The topological polar surface area (TPSA) is 43.4 Å². The van der Waals surface area contributed by atoms with Gasteiger partial charge in [0.15, 0.2) is 0 Å². The number of hydrogen-bond donors (Lipinski definition) is 0. The summed E-state index contributed by atoms with van der Waals surface area (Å²) in [6.07, 6.45) is 0.262. The summed E-state index contributed by atoms with van der Waals surface area (Å²) >= 11 is 1.61. The van der Waals surface area contributed by atoms with E-state index >= 15 is 0 Å². The summed E-state index contributed by atoms with van der Waals surface area (Å²) in [5.74, 6) is 1.33.